The second kappa shape index (κ2) is 54.2. The number of quaternary nitrogens is 1. The summed E-state index contributed by atoms with van der Waals surface area (Å²) in [6.45, 7) is 5.48. The van der Waals surface area contributed by atoms with Crippen LogP contribution in [0.5, 0.6) is 0 Å². The fourth-order valence-electron chi connectivity index (χ4n) is 9.05. The molecule has 0 bridgehead atoms. The fraction of sp³-hybridized carbons (Fsp3) is 0.918. The van der Waals surface area contributed by atoms with Gasteiger partial charge in [-0.2, -0.15) is 0 Å². The average molecular weight is 1010 g/mol. The summed E-state index contributed by atoms with van der Waals surface area (Å²) < 4.78 is 34.9. The van der Waals surface area contributed by atoms with Crippen LogP contribution in [0.4, 0.5) is 0 Å². The third-order valence-corrected chi connectivity index (χ3v) is 14.7. The van der Waals surface area contributed by atoms with Gasteiger partial charge in [0.15, 0.2) is 0 Å². The number of carbonyl (C=O) groups is 1. The Morgan fingerprint density at radius 3 is 1.16 bits per heavy atom. The normalized spacial score (nSPS) is 13.5. The molecule has 0 saturated carbocycles. The Balaban J connectivity index is 4.00. The number of esters is 1. The molecule has 0 aromatic carbocycles. The van der Waals surface area contributed by atoms with Gasteiger partial charge in [0.2, 0.25) is 0 Å². The van der Waals surface area contributed by atoms with E-state index in [1.807, 2.05) is 21.1 Å². The molecular formula is C61H120NO7P. The summed E-state index contributed by atoms with van der Waals surface area (Å²) in [7, 11) is 1.37. The molecule has 0 amide bonds. The highest BCUT2D eigenvalue weighted by atomic mass is 31.2. The highest BCUT2D eigenvalue weighted by molar-refractivity contribution is 7.45. The number of hydrogen-bond acceptors (Lipinski definition) is 7. The van der Waals surface area contributed by atoms with Crippen LogP contribution in [-0.4, -0.2) is 70.7 Å². The molecule has 0 fully saturated rings. The van der Waals surface area contributed by atoms with Gasteiger partial charge in [0, 0.05) is 13.0 Å². The third kappa shape index (κ3) is 57.9. The first-order valence-electron chi connectivity index (χ1n) is 30.6. The molecule has 2 unspecified atom stereocenters. The number of allylic oxidation sites excluding steroid dienone is 4. The zero-order chi connectivity index (χ0) is 51.2. The molecule has 0 aromatic heterocycles. The third-order valence-electron chi connectivity index (χ3n) is 13.8. The number of unbranched alkanes of at least 4 members (excludes halogenated alkanes) is 40. The molecule has 0 aromatic rings. The molecule has 8 nitrogen and oxygen atoms in total. The van der Waals surface area contributed by atoms with Crippen molar-refractivity contribution in [2.75, 3.05) is 54.1 Å². The molecular weight excluding hydrogens is 890 g/mol. The van der Waals surface area contributed by atoms with Crippen LogP contribution < -0.4 is 4.89 Å². The van der Waals surface area contributed by atoms with Gasteiger partial charge in [0.25, 0.3) is 7.82 Å². The maximum Gasteiger partial charge on any atom is 0.306 e. The lowest BCUT2D eigenvalue weighted by Gasteiger charge is -2.28. The van der Waals surface area contributed by atoms with Gasteiger partial charge in [0.1, 0.15) is 19.3 Å². The summed E-state index contributed by atoms with van der Waals surface area (Å²) in [4.78, 5) is 25.3. The minimum absolute atomic E-state index is 0.0291. The summed E-state index contributed by atoms with van der Waals surface area (Å²) in [6, 6.07) is 0. The number of phosphoric ester groups is 1. The molecule has 70 heavy (non-hydrogen) atoms. The van der Waals surface area contributed by atoms with Crippen LogP contribution in [0.3, 0.4) is 0 Å². The minimum atomic E-state index is -4.53. The predicted octanol–water partition coefficient (Wildman–Crippen LogP) is 18.8. The van der Waals surface area contributed by atoms with Gasteiger partial charge >= 0.3 is 5.97 Å². The largest absolute Gasteiger partial charge is 0.756 e. The molecule has 0 aliphatic carbocycles. The van der Waals surface area contributed by atoms with E-state index in [9.17, 15) is 14.3 Å². The molecule has 0 N–H and O–H groups in total. The van der Waals surface area contributed by atoms with Crippen molar-refractivity contribution in [3.05, 3.63) is 24.3 Å². The monoisotopic (exact) mass is 1010 g/mol. The summed E-state index contributed by atoms with van der Waals surface area (Å²) in [5.74, 6) is -0.327. The predicted molar refractivity (Wildman–Crippen MR) is 301 cm³/mol. The average Bonchev–Trinajstić information content (AvgIpc) is 3.32. The SMILES string of the molecule is CCCCCCC/C=C\C/C=C\CCCCCCCCCCCCCCCC(=O)OC(COCCCCCCCCCCCCCCCCCCCCCCCCC)COP(=O)([O-])OCC[N+](C)(C)C. The molecule has 9 heteroatoms. The van der Waals surface area contributed by atoms with Crippen LogP contribution in [0.1, 0.15) is 303 Å². The van der Waals surface area contributed by atoms with Crippen molar-refractivity contribution in [1.29, 1.82) is 0 Å². The number of ether oxygens (including phenoxy) is 2. The maximum absolute atomic E-state index is 12.8. The highest BCUT2D eigenvalue weighted by Gasteiger charge is 2.20. The topological polar surface area (TPSA) is 94.1 Å². The Bertz CT molecular complexity index is 1170. The molecule has 0 radical (unpaired) electrons. The van der Waals surface area contributed by atoms with Crippen molar-refractivity contribution < 1.29 is 37.3 Å². The lowest BCUT2D eigenvalue weighted by molar-refractivity contribution is -0.870. The molecule has 0 rings (SSSR count). The fourth-order valence-corrected chi connectivity index (χ4v) is 9.78. The number of likely N-dealkylation sites (N-methyl/N-ethyl adjacent to an activating group) is 1. The van der Waals surface area contributed by atoms with Gasteiger partial charge < -0.3 is 27.9 Å². The smallest absolute Gasteiger partial charge is 0.306 e. The van der Waals surface area contributed by atoms with E-state index in [-0.39, 0.29) is 25.8 Å². The quantitative estimate of drug-likeness (QED) is 0.0197. The Kier molecular flexibility index (Phi) is 53.5. The summed E-state index contributed by atoms with van der Waals surface area (Å²) in [6.07, 6.45) is 66.6. The van der Waals surface area contributed by atoms with Gasteiger partial charge in [-0.3, -0.25) is 9.36 Å². The van der Waals surface area contributed by atoms with Crippen molar-refractivity contribution in [2.45, 2.75) is 309 Å². The lowest BCUT2D eigenvalue weighted by atomic mass is 10.0. The molecule has 0 saturated heterocycles. The molecule has 0 spiro atoms. The number of phosphoric acid groups is 1. The van der Waals surface area contributed by atoms with Crippen molar-refractivity contribution in [2.24, 2.45) is 0 Å². The molecule has 416 valence electrons. The van der Waals surface area contributed by atoms with Gasteiger partial charge in [-0.05, 0) is 44.9 Å². The van der Waals surface area contributed by atoms with Crippen molar-refractivity contribution in [1.82, 2.24) is 0 Å². The minimum Gasteiger partial charge on any atom is -0.756 e. The van der Waals surface area contributed by atoms with Crippen molar-refractivity contribution in [3.63, 3.8) is 0 Å². The van der Waals surface area contributed by atoms with Crippen LogP contribution >= 0.6 is 7.82 Å². The van der Waals surface area contributed by atoms with E-state index in [2.05, 4.69) is 38.2 Å². The summed E-state index contributed by atoms with van der Waals surface area (Å²) >= 11 is 0. The van der Waals surface area contributed by atoms with E-state index in [0.29, 0.717) is 24.1 Å². The van der Waals surface area contributed by atoms with Crippen molar-refractivity contribution in [3.8, 4) is 0 Å². The first kappa shape index (κ1) is 69.0. The first-order valence-corrected chi connectivity index (χ1v) is 32.0. The Morgan fingerprint density at radius 2 is 0.786 bits per heavy atom. The van der Waals surface area contributed by atoms with Crippen molar-refractivity contribution >= 4 is 13.8 Å². The van der Waals surface area contributed by atoms with Crippen LogP contribution in [0.15, 0.2) is 24.3 Å². The number of hydrogen-bond donors (Lipinski definition) is 0. The maximum atomic E-state index is 12.8. The second-order valence-corrected chi connectivity index (χ2v) is 23.5. The zero-order valence-corrected chi connectivity index (χ0v) is 48.4. The van der Waals surface area contributed by atoms with E-state index in [0.717, 1.165) is 38.5 Å². The van der Waals surface area contributed by atoms with E-state index in [1.165, 1.54) is 244 Å². The highest BCUT2D eigenvalue weighted by Crippen LogP contribution is 2.38. The van der Waals surface area contributed by atoms with Gasteiger partial charge in [-0.15, -0.1) is 0 Å². The number of rotatable bonds is 58. The molecule has 0 heterocycles. The Hall–Kier alpha value is -1.02. The number of carbonyl (C=O) groups excluding carboxylic acids is 1. The molecule has 0 aliphatic rings. The Morgan fingerprint density at radius 1 is 0.443 bits per heavy atom. The van der Waals surface area contributed by atoms with Gasteiger partial charge in [-0.25, -0.2) is 0 Å². The second-order valence-electron chi connectivity index (χ2n) is 22.1. The molecule has 0 aliphatic heterocycles. The van der Waals surface area contributed by atoms with Gasteiger partial charge in [0.05, 0.1) is 34.4 Å². The first-order chi connectivity index (χ1) is 34.1. The van der Waals surface area contributed by atoms with Crippen LogP contribution in [0.25, 0.3) is 0 Å². The molecule has 2 atom stereocenters. The standard InChI is InChI=1S/C61H120NO7P/c1-6-8-10-12-14-16-18-20-22-24-26-28-30-31-32-34-36-38-40-42-44-46-48-50-52-54-61(63)69-60(59-68-70(64,65)67-57-55-62(3,4)5)58-66-56-53-51-49-47-45-43-41-39-37-35-33-29-27-25-23-21-19-17-15-13-11-9-7-2/h18,20,24,26,60H,6-17,19,21-23,25,27-59H2,1-5H3/b20-18-,26-24-. The van der Waals surface area contributed by atoms with Crippen LogP contribution in [0.2, 0.25) is 0 Å². The Labute approximate surface area is 436 Å². The van der Waals surface area contributed by atoms with E-state index >= 15 is 0 Å². The number of nitrogens with zero attached hydrogens (tertiary/aromatic N) is 1. The summed E-state index contributed by atoms with van der Waals surface area (Å²) in [5, 5.41) is 0. The van der Waals surface area contributed by atoms with Crippen LogP contribution in [-0.2, 0) is 27.9 Å². The van der Waals surface area contributed by atoms with Gasteiger partial charge in [-0.1, -0.05) is 276 Å². The summed E-state index contributed by atoms with van der Waals surface area (Å²) in [5.41, 5.74) is 0. The van der Waals surface area contributed by atoms with Crippen LogP contribution in [0, 0.1) is 0 Å². The van der Waals surface area contributed by atoms with E-state index < -0.39 is 13.9 Å². The zero-order valence-electron chi connectivity index (χ0n) is 47.5. The van der Waals surface area contributed by atoms with E-state index in [1.54, 1.807) is 0 Å². The van der Waals surface area contributed by atoms with E-state index in [4.69, 9.17) is 18.5 Å². The lowest BCUT2D eigenvalue weighted by Crippen LogP contribution is -2.37.